The van der Waals surface area contributed by atoms with Gasteiger partial charge in [-0.15, -0.1) is 0 Å². The van der Waals surface area contributed by atoms with Gasteiger partial charge in [0, 0.05) is 12.5 Å². The van der Waals surface area contributed by atoms with Crippen molar-refractivity contribution in [3.8, 4) is 11.5 Å². The highest BCUT2D eigenvalue weighted by molar-refractivity contribution is 5.79. The molecule has 0 aliphatic rings. The van der Waals surface area contributed by atoms with E-state index in [9.17, 15) is 4.39 Å². The minimum atomic E-state index is -0.833. The molecule has 0 spiro atoms. The zero-order valence-corrected chi connectivity index (χ0v) is 12.3. The summed E-state index contributed by atoms with van der Waals surface area (Å²) in [6.45, 7) is 3.17. The van der Waals surface area contributed by atoms with E-state index in [1.165, 1.54) is 12.1 Å². The van der Waals surface area contributed by atoms with Crippen LogP contribution >= 0.6 is 0 Å². The summed E-state index contributed by atoms with van der Waals surface area (Å²) < 4.78 is 18.6. The molecule has 0 aliphatic carbocycles. The number of hydrogen-bond donors (Lipinski definition) is 1. The maximum Gasteiger partial charge on any atom is 0.300 e. The lowest BCUT2D eigenvalue weighted by atomic mass is 10.1. The number of fused-ring (bicyclic) bond motifs is 1. The molecule has 5 heteroatoms. The summed E-state index contributed by atoms with van der Waals surface area (Å²) in [6.07, 6.45) is 0.909. The monoisotopic (exact) mass is 301 g/mol. The summed E-state index contributed by atoms with van der Waals surface area (Å²) in [5.41, 5.74) is 3.60. The molecule has 3 rings (SSSR count). The predicted molar refractivity (Wildman–Crippen MR) is 82.1 cm³/mol. The summed E-state index contributed by atoms with van der Waals surface area (Å²) in [6, 6.07) is 12.1. The largest absolute Gasteiger partial charge is 0.481 e. The van der Waals surface area contributed by atoms with Crippen molar-refractivity contribution in [2.24, 2.45) is 0 Å². The van der Waals surface area contributed by atoms with Crippen molar-refractivity contribution < 1.29 is 18.7 Å². The van der Waals surface area contributed by atoms with Crippen molar-refractivity contribution >= 4 is 17.1 Å². The van der Waals surface area contributed by atoms with Gasteiger partial charge in [-0.25, -0.2) is 9.37 Å². The Balaban J connectivity index is 0.000000396. The van der Waals surface area contributed by atoms with Gasteiger partial charge in [0.05, 0.1) is 0 Å². The maximum atomic E-state index is 12.9. The lowest BCUT2D eigenvalue weighted by Crippen LogP contribution is -1.82. The number of halogens is 1. The third-order valence-electron chi connectivity index (χ3n) is 2.97. The highest BCUT2D eigenvalue weighted by Gasteiger charge is 2.10. The maximum absolute atomic E-state index is 12.9. The fourth-order valence-electron chi connectivity index (χ4n) is 2.01. The quantitative estimate of drug-likeness (QED) is 0.767. The van der Waals surface area contributed by atoms with Crippen LogP contribution in [0.25, 0.3) is 22.6 Å². The van der Waals surface area contributed by atoms with Crippen LogP contribution < -0.4 is 0 Å². The van der Waals surface area contributed by atoms with E-state index < -0.39 is 5.97 Å². The van der Waals surface area contributed by atoms with E-state index in [2.05, 4.69) is 11.9 Å². The van der Waals surface area contributed by atoms with Gasteiger partial charge in [0.25, 0.3) is 5.97 Å². The van der Waals surface area contributed by atoms with Crippen LogP contribution in [0.5, 0.6) is 0 Å². The number of para-hydroxylation sites is 1. The molecule has 1 N–H and O–H groups in total. The fourth-order valence-corrected chi connectivity index (χ4v) is 2.01. The van der Waals surface area contributed by atoms with Gasteiger partial charge >= 0.3 is 0 Å². The summed E-state index contributed by atoms with van der Waals surface area (Å²) in [4.78, 5) is 13.5. The van der Waals surface area contributed by atoms with Crippen LogP contribution in [0.4, 0.5) is 4.39 Å². The Hall–Kier alpha value is -2.69. The van der Waals surface area contributed by atoms with E-state index in [0.717, 1.165) is 35.6 Å². The molecule has 0 unspecified atom stereocenters. The number of nitrogens with zero attached hydrogens (tertiary/aromatic N) is 1. The second-order valence-corrected chi connectivity index (χ2v) is 4.66. The standard InChI is InChI=1S/C15H12FNO.C2H4O2/c1-2-10-4-3-5-13-14(10)17-15(18-13)11-6-8-12(16)9-7-11;1-2(3)4/h3-9H,2H2,1H3;1H3,(H,3,4). The van der Waals surface area contributed by atoms with Gasteiger partial charge in [0.1, 0.15) is 11.3 Å². The van der Waals surface area contributed by atoms with Crippen LogP contribution in [0.2, 0.25) is 0 Å². The van der Waals surface area contributed by atoms with Gasteiger partial charge < -0.3 is 9.52 Å². The highest BCUT2D eigenvalue weighted by atomic mass is 19.1. The van der Waals surface area contributed by atoms with E-state index in [0.29, 0.717) is 5.89 Å². The SMILES string of the molecule is CC(=O)O.CCc1cccc2oc(-c3ccc(F)cc3)nc12. The first-order valence-corrected chi connectivity index (χ1v) is 6.85. The van der Waals surface area contributed by atoms with Crippen molar-refractivity contribution in [1.82, 2.24) is 4.98 Å². The highest BCUT2D eigenvalue weighted by Crippen LogP contribution is 2.26. The summed E-state index contributed by atoms with van der Waals surface area (Å²) in [5, 5.41) is 7.42. The van der Waals surface area contributed by atoms with Crippen molar-refractivity contribution in [2.45, 2.75) is 20.3 Å². The summed E-state index contributed by atoms with van der Waals surface area (Å²) in [7, 11) is 0. The number of aryl methyl sites for hydroxylation is 1. The Bertz CT molecular complexity index is 774. The number of rotatable bonds is 2. The Kier molecular flexibility index (Phi) is 4.88. The molecule has 114 valence electrons. The number of carboxylic acids is 1. The molecule has 0 amide bonds. The van der Waals surface area contributed by atoms with E-state index in [4.69, 9.17) is 14.3 Å². The fraction of sp³-hybridized carbons (Fsp3) is 0.176. The van der Waals surface area contributed by atoms with E-state index in [1.807, 2.05) is 18.2 Å². The normalized spacial score (nSPS) is 10.1. The Morgan fingerprint density at radius 3 is 2.45 bits per heavy atom. The molecule has 3 aromatic rings. The van der Waals surface area contributed by atoms with Crippen LogP contribution in [0.1, 0.15) is 19.4 Å². The first-order valence-electron chi connectivity index (χ1n) is 6.85. The number of carboxylic acid groups (broad SMARTS) is 1. The predicted octanol–water partition coefficient (Wildman–Crippen LogP) is 4.29. The van der Waals surface area contributed by atoms with E-state index in [-0.39, 0.29) is 5.82 Å². The van der Waals surface area contributed by atoms with Crippen molar-refractivity contribution in [3.05, 3.63) is 53.8 Å². The summed E-state index contributed by atoms with van der Waals surface area (Å²) in [5.74, 6) is -0.560. The topological polar surface area (TPSA) is 63.3 Å². The Morgan fingerprint density at radius 1 is 1.23 bits per heavy atom. The lowest BCUT2D eigenvalue weighted by Gasteiger charge is -1.94. The van der Waals surface area contributed by atoms with Crippen LogP contribution in [0.15, 0.2) is 46.9 Å². The summed E-state index contributed by atoms with van der Waals surface area (Å²) >= 11 is 0. The molecule has 1 heterocycles. The van der Waals surface area contributed by atoms with Crippen LogP contribution in [-0.2, 0) is 11.2 Å². The number of aliphatic carboxylic acids is 1. The first kappa shape index (κ1) is 15.7. The number of aromatic nitrogens is 1. The second-order valence-electron chi connectivity index (χ2n) is 4.66. The Morgan fingerprint density at radius 2 is 1.86 bits per heavy atom. The van der Waals surface area contributed by atoms with Crippen LogP contribution in [0.3, 0.4) is 0 Å². The zero-order valence-electron chi connectivity index (χ0n) is 12.3. The first-order chi connectivity index (χ1) is 10.5. The molecule has 0 atom stereocenters. The molecule has 2 aromatic carbocycles. The molecule has 0 fully saturated rings. The second kappa shape index (κ2) is 6.85. The van der Waals surface area contributed by atoms with E-state index >= 15 is 0 Å². The zero-order chi connectivity index (χ0) is 16.1. The van der Waals surface area contributed by atoms with Crippen molar-refractivity contribution in [1.29, 1.82) is 0 Å². The molecule has 4 nitrogen and oxygen atoms in total. The van der Waals surface area contributed by atoms with Gasteiger partial charge in [-0.1, -0.05) is 19.1 Å². The number of oxazole rings is 1. The lowest BCUT2D eigenvalue weighted by molar-refractivity contribution is -0.134. The van der Waals surface area contributed by atoms with Gasteiger partial charge in [0.2, 0.25) is 5.89 Å². The molecule has 0 bridgehead atoms. The van der Waals surface area contributed by atoms with Crippen LogP contribution in [0, 0.1) is 5.82 Å². The van der Waals surface area contributed by atoms with Gasteiger partial charge in [-0.3, -0.25) is 4.79 Å². The van der Waals surface area contributed by atoms with Gasteiger partial charge in [-0.05, 0) is 42.3 Å². The number of carbonyl (C=O) groups is 1. The van der Waals surface area contributed by atoms with E-state index in [1.54, 1.807) is 12.1 Å². The Labute approximate surface area is 127 Å². The minimum absolute atomic E-state index is 0.260. The van der Waals surface area contributed by atoms with Crippen molar-refractivity contribution in [3.63, 3.8) is 0 Å². The number of hydrogen-bond acceptors (Lipinski definition) is 3. The molecule has 0 saturated heterocycles. The molecule has 1 aromatic heterocycles. The molecule has 0 radical (unpaired) electrons. The third-order valence-corrected chi connectivity index (χ3v) is 2.97. The van der Waals surface area contributed by atoms with Gasteiger partial charge in [0.15, 0.2) is 5.58 Å². The molecule has 0 aliphatic heterocycles. The molecule has 0 saturated carbocycles. The van der Waals surface area contributed by atoms with Crippen LogP contribution in [-0.4, -0.2) is 16.1 Å². The molecule has 22 heavy (non-hydrogen) atoms. The molecular formula is C17H16FNO3. The average molecular weight is 301 g/mol. The third kappa shape index (κ3) is 3.69. The smallest absolute Gasteiger partial charge is 0.300 e. The number of benzene rings is 2. The van der Waals surface area contributed by atoms with Gasteiger partial charge in [-0.2, -0.15) is 0 Å². The molecular weight excluding hydrogens is 285 g/mol. The minimum Gasteiger partial charge on any atom is -0.481 e. The van der Waals surface area contributed by atoms with Crippen molar-refractivity contribution in [2.75, 3.05) is 0 Å². The average Bonchev–Trinajstić information content (AvgIpc) is 2.91.